The summed E-state index contributed by atoms with van der Waals surface area (Å²) in [6.45, 7) is 0. The standard InChI is InChI=1S/C10H6Cl4F3N2.CHF3O3S/c1-18-7-5(13)3(11)4(12)6(14)8(7)19(2)9(18)10(15,16)17;2-1(3,4)8(5,6)7/h1-2H3;(H,5,6,7)/q+1;/p-1. The Morgan fingerprint density at radius 3 is 1.63 bits per heavy atom. The number of alkyl halides is 6. The fourth-order valence-corrected chi connectivity index (χ4v) is 3.12. The molecule has 0 aliphatic carbocycles. The van der Waals surface area contributed by atoms with Crippen molar-refractivity contribution in [2.75, 3.05) is 0 Å². The minimum absolute atomic E-state index is 0.0698. The zero-order valence-electron chi connectivity index (χ0n) is 12.8. The average molecular weight is 502 g/mol. The van der Waals surface area contributed by atoms with Gasteiger partial charge in [-0.05, 0) is 0 Å². The van der Waals surface area contributed by atoms with Crippen molar-refractivity contribution in [2.24, 2.45) is 14.1 Å². The highest BCUT2D eigenvalue weighted by molar-refractivity contribution is 7.86. The summed E-state index contributed by atoms with van der Waals surface area (Å²) in [7, 11) is -3.62. The van der Waals surface area contributed by atoms with E-state index in [-0.39, 0.29) is 31.1 Å². The first-order chi connectivity index (χ1) is 11.8. The van der Waals surface area contributed by atoms with Crippen LogP contribution < -0.4 is 4.57 Å². The SMILES string of the molecule is Cn1c(C(F)(F)F)[n+](C)c2c(Cl)c(Cl)c(Cl)c(Cl)c21.O=S(=O)([O-])C(F)(F)F. The molecule has 0 atom stereocenters. The number of aromatic nitrogens is 2. The molecule has 1 aromatic carbocycles. The van der Waals surface area contributed by atoms with Gasteiger partial charge in [-0.25, -0.2) is 17.6 Å². The van der Waals surface area contributed by atoms with Crippen LogP contribution in [0.2, 0.25) is 20.1 Å². The lowest BCUT2D eigenvalue weighted by molar-refractivity contribution is -0.667. The molecule has 0 saturated heterocycles. The maximum absolute atomic E-state index is 13.0. The highest BCUT2D eigenvalue weighted by atomic mass is 35.5. The molecule has 2 rings (SSSR count). The van der Waals surface area contributed by atoms with Gasteiger partial charge in [0.25, 0.3) is 0 Å². The summed E-state index contributed by atoms with van der Waals surface area (Å²) in [5.74, 6) is -0.912. The van der Waals surface area contributed by atoms with E-state index < -0.39 is 27.6 Å². The third kappa shape index (κ3) is 4.67. The lowest BCUT2D eigenvalue weighted by Gasteiger charge is -2.08. The number of fused-ring (bicyclic) bond motifs is 1. The molecule has 154 valence electrons. The minimum Gasteiger partial charge on any atom is -0.741 e. The Balaban J connectivity index is 0.000000387. The highest BCUT2D eigenvalue weighted by Gasteiger charge is 2.46. The lowest BCUT2D eigenvalue weighted by atomic mass is 10.3. The molecule has 0 N–H and O–H groups in total. The van der Waals surface area contributed by atoms with E-state index in [1.807, 2.05) is 0 Å². The predicted molar refractivity (Wildman–Crippen MR) is 84.9 cm³/mol. The van der Waals surface area contributed by atoms with E-state index in [0.29, 0.717) is 0 Å². The molecule has 1 heterocycles. The van der Waals surface area contributed by atoms with Gasteiger partial charge in [0.05, 0.1) is 24.1 Å². The lowest BCUT2D eigenvalue weighted by Crippen LogP contribution is -2.38. The van der Waals surface area contributed by atoms with Gasteiger partial charge in [-0.2, -0.15) is 26.3 Å². The van der Waals surface area contributed by atoms with Gasteiger partial charge in [0.15, 0.2) is 21.2 Å². The number of hydrogen-bond donors (Lipinski definition) is 0. The second kappa shape index (κ2) is 7.64. The zero-order chi connectivity index (χ0) is 21.7. The second-order valence-electron chi connectivity index (χ2n) is 4.79. The molecule has 0 saturated carbocycles. The Kier molecular flexibility index (Phi) is 6.89. The molecule has 5 nitrogen and oxygen atoms in total. The van der Waals surface area contributed by atoms with Crippen LogP contribution >= 0.6 is 46.4 Å². The summed E-state index contributed by atoms with van der Waals surface area (Å²) < 4.78 is 99.7. The van der Waals surface area contributed by atoms with E-state index in [9.17, 15) is 26.3 Å². The Morgan fingerprint density at radius 2 is 1.30 bits per heavy atom. The molecule has 0 radical (unpaired) electrons. The first-order valence-electron chi connectivity index (χ1n) is 6.13. The summed E-state index contributed by atoms with van der Waals surface area (Å²) in [6, 6.07) is 0. The molecular formula is C11H6Cl4F6N2O3S. The van der Waals surface area contributed by atoms with Gasteiger partial charge in [0, 0.05) is 0 Å². The van der Waals surface area contributed by atoms with E-state index in [2.05, 4.69) is 0 Å². The van der Waals surface area contributed by atoms with Crippen molar-refractivity contribution in [3.63, 3.8) is 0 Å². The third-order valence-electron chi connectivity index (χ3n) is 3.06. The van der Waals surface area contributed by atoms with E-state index in [1.165, 1.54) is 14.1 Å². The molecule has 1 aromatic heterocycles. The van der Waals surface area contributed by atoms with Crippen LogP contribution in [-0.2, 0) is 30.4 Å². The van der Waals surface area contributed by atoms with Crippen LogP contribution in [0.4, 0.5) is 26.3 Å². The van der Waals surface area contributed by atoms with Gasteiger partial charge in [-0.3, -0.25) is 0 Å². The van der Waals surface area contributed by atoms with Gasteiger partial charge in [0.1, 0.15) is 10.0 Å². The quantitative estimate of drug-likeness (QED) is 0.131. The second-order valence-corrected chi connectivity index (χ2v) is 7.68. The van der Waals surface area contributed by atoms with Crippen LogP contribution in [-0.4, -0.2) is 23.0 Å². The van der Waals surface area contributed by atoms with Gasteiger partial charge in [-0.15, -0.1) is 0 Å². The molecule has 0 fully saturated rings. The van der Waals surface area contributed by atoms with Gasteiger partial charge in [-0.1, -0.05) is 46.4 Å². The minimum atomic E-state index is -6.09. The van der Waals surface area contributed by atoms with Crippen molar-refractivity contribution >= 4 is 67.6 Å². The molecule has 0 aliphatic rings. The smallest absolute Gasteiger partial charge is 0.495 e. The van der Waals surface area contributed by atoms with Crippen LogP contribution in [0.1, 0.15) is 5.82 Å². The fourth-order valence-electron chi connectivity index (χ4n) is 2.04. The average Bonchev–Trinajstić information content (AvgIpc) is 2.72. The number of aryl methyl sites for hydroxylation is 2. The molecule has 0 amide bonds. The Hall–Kier alpha value is -0.660. The third-order valence-corrected chi connectivity index (χ3v) is 5.41. The number of benzene rings is 1. The fraction of sp³-hybridized carbons (Fsp3) is 0.364. The van der Waals surface area contributed by atoms with E-state index >= 15 is 0 Å². The summed E-state index contributed by atoms with van der Waals surface area (Å²) in [5, 5.41) is -0.286. The van der Waals surface area contributed by atoms with Crippen molar-refractivity contribution in [1.82, 2.24) is 4.57 Å². The van der Waals surface area contributed by atoms with E-state index in [0.717, 1.165) is 9.13 Å². The van der Waals surface area contributed by atoms with Crippen LogP contribution in [0.3, 0.4) is 0 Å². The molecule has 27 heavy (non-hydrogen) atoms. The van der Waals surface area contributed by atoms with Crippen LogP contribution in [0.25, 0.3) is 11.0 Å². The van der Waals surface area contributed by atoms with Crippen molar-refractivity contribution in [3.8, 4) is 0 Å². The first kappa shape index (κ1) is 24.4. The summed E-state index contributed by atoms with van der Waals surface area (Å²) >= 11 is 23.6. The van der Waals surface area contributed by atoms with Crippen molar-refractivity contribution < 1.29 is 43.9 Å². The molecule has 0 aliphatic heterocycles. The van der Waals surface area contributed by atoms with Gasteiger partial charge in [0.2, 0.25) is 0 Å². The normalized spacial score (nSPS) is 12.9. The maximum atomic E-state index is 13.0. The van der Waals surface area contributed by atoms with Crippen molar-refractivity contribution in [2.45, 2.75) is 11.7 Å². The number of nitrogens with zero attached hydrogens (tertiary/aromatic N) is 2. The number of imidazole rings is 1. The van der Waals surface area contributed by atoms with Crippen LogP contribution in [0, 0.1) is 0 Å². The van der Waals surface area contributed by atoms with Crippen LogP contribution in [0.15, 0.2) is 0 Å². The molecular weight excluding hydrogens is 496 g/mol. The largest absolute Gasteiger partial charge is 0.741 e. The van der Waals surface area contributed by atoms with Crippen LogP contribution in [0.5, 0.6) is 0 Å². The molecule has 0 unspecified atom stereocenters. The molecule has 0 spiro atoms. The van der Waals surface area contributed by atoms with Gasteiger partial charge >= 0.3 is 17.5 Å². The molecule has 0 bridgehead atoms. The Labute approximate surface area is 167 Å². The number of hydrogen-bond acceptors (Lipinski definition) is 3. The first-order valence-corrected chi connectivity index (χ1v) is 9.05. The predicted octanol–water partition coefficient (Wildman–Crippen LogP) is 4.69. The summed E-state index contributed by atoms with van der Waals surface area (Å²) in [5.41, 5.74) is -5.49. The van der Waals surface area contributed by atoms with Crippen molar-refractivity contribution in [1.29, 1.82) is 0 Å². The number of rotatable bonds is 0. The van der Waals surface area contributed by atoms with E-state index in [4.69, 9.17) is 59.4 Å². The summed E-state index contributed by atoms with van der Waals surface area (Å²) in [4.78, 5) is 0. The zero-order valence-corrected chi connectivity index (χ0v) is 16.6. The monoisotopic (exact) mass is 500 g/mol. The molecule has 16 heteroatoms. The number of halogens is 10. The molecule has 2 aromatic rings. The Morgan fingerprint density at radius 1 is 0.926 bits per heavy atom. The Bertz CT molecular complexity index is 950. The topological polar surface area (TPSA) is 66.0 Å². The van der Waals surface area contributed by atoms with Gasteiger partial charge < -0.3 is 4.55 Å². The van der Waals surface area contributed by atoms with Crippen molar-refractivity contribution in [3.05, 3.63) is 25.9 Å². The summed E-state index contributed by atoms with van der Waals surface area (Å²) in [6.07, 6.45) is -4.56. The van der Waals surface area contributed by atoms with E-state index in [1.54, 1.807) is 0 Å². The maximum Gasteiger partial charge on any atom is 0.495 e. The highest BCUT2D eigenvalue weighted by Crippen LogP contribution is 2.43.